The topological polar surface area (TPSA) is 37.3 Å². The Hall–Kier alpha value is -0.890. The monoisotopic (exact) mass is 340 g/mol. The number of hydrogen-bond acceptors (Lipinski definition) is 2. The highest BCUT2D eigenvalue weighted by molar-refractivity contribution is 5.92. The molecule has 5 aliphatic rings. The van der Waals surface area contributed by atoms with Gasteiger partial charge in [0, 0.05) is 6.42 Å². The highest BCUT2D eigenvalue weighted by Crippen LogP contribution is 2.66. The summed E-state index contributed by atoms with van der Waals surface area (Å²) in [6.07, 6.45) is 14.6. The van der Waals surface area contributed by atoms with E-state index in [1.54, 1.807) is 5.57 Å². The van der Waals surface area contributed by atoms with Crippen LogP contribution >= 0.6 is 0 Å². The lowest BCUT2D eigenvalue weighted by Gasteiger charge is -2.59. The van der Waals surface area contributed by atoms with Crippen molar-refractivity contribution in [3.63, 3.8) is 0 Å². The van der Waals surface area contributed by atoms with Crippen molar-refractivity contribution in [3.8, 4) is 0 Å². The molecule has 7 atom stereocenters. The summed E-state index contributed by atoms with van der Waals surface area (Å²) in [7, 11) is 0. The molecule has 0 saturated heterocycles. The summed E-state index contributed by atoms with van der Waals surface area (Å²) in [6, 6.07) is 0. The molecule has 25 heavy (non-hydrogen) atoms. The van der Waals surface area contributed by atoms with E-state index < -0.39 is 0 Å². The Kier molecular flexibility index (Phi) is 3.46. The summed E-state index contributed by atoms with van der Waals surface area (Å²) >= 11 is 0. The molecular weight excluding hydrogens is 308 g/mol. The average Bonchev–Trinajstić information content (AvgIpc) is 2.88. The number of carbonyl (C=O) groups is 1. The molecule has 5 aliphatic carbocycles. The van der Waals surface area contributed by atoms with Crippen LogP contribution in [0.15, 0.2) is 23.3 Å². The minimum Gasteiger partial charge on any atom is -0.393 e. The van der Waals surface area contributed by atoms with Crippen LogP contribution in [-0.2, 0) is 4.79 Å². The van der Waals surface area contributed by atoms with E-state index in [4.69, 9.17) is 0 Å². The number of rotatable bonds is 0. The molecule has 1 N–H and O–H groups in total. The second-order valence-electron chi connectivity index (χ2n) is 10.2. The van der Waals surface area contributed by atoms with Crippen LogP contribution in [0.25, 0.3) is 0 Å². The minimum absolute atomic E-state index is 0.0755. The van der Waals surface area contributed by atoms with E-state index in [1.165, 1.54) is 44.1 Å². The van der Waals surface area contributed by atoms with Gasteiger partial charge in [-0.1, -0.05) is 25.5 Å². The molecule has 3 saturated carbocycles. The molecule has 0 aromatic rings. The van der Waals surface area contributed by atoms with Crippen LogP contribution in [-0.4, -0.2) is 17.0 Å². The number of aliphatic hydroxyl groups is 1. The van der Waals surface area contributed by atoms with Crippen LogP contribution in [0.1, 0.15) is 71.6 Å². The second-order valence-corrected chi connectivity index (χ2v) is 10.2. The molecule has 0 spiro atoms. The maximum atomic E-state index is 11.8. The molecule has 0 aromatic heterocycles. The Morgan fingerprint density at radius 2 is 1.84 bits per heavy atom. The lowest BCUT2D eigenvalue weighted by atomic mass is 9.46. The Balaban J connectivity index is 1.50. The molecule has 0 amide bonds. The van der Waals surface area contributed by atoms with Crippen molar-refractivity contribution in [3.05, 3.63) is 23.3 Å². The van der Waals surface area contributed by atoms with Crippen LogP contribution in [0.3, 0.4) is 0 Å². The zero-order chi connectivity index (χ0) is 17.4. The third-order valence-corrected chi connectivity index (χ3v) is 9.24. The van der Waals surface area contributed by atoms with E-state index in [9.17, 15) is 9.90 Å². The van der Waals surface area contributed by atoms with Gasteiger partial charge in [-0.2, -0.15) is 0 Å². The van der Waals surface area contributed by atoms with E-state index in [2.05, 4.69) is 19.9 Å². The first-order chi connectivity index (χ1) is 11.9. The van der Waals surface area contributed by atoms with E-state index in [0.717, 1.165) is 37.0 Å². The molecule has 0 heterocycles. The SMILES string of the molecule is CC12CC3CCC(=O)C=C3C=C1CCC1C2CCC2(C)C(O)CCC12. The summed E-state index contributed by atoms with van der Waals surface area (Å²) < 4.78 is 0. The summed E-state index contributed by atoms with van der Waals surface area (Å²) in [5.41, 5.74) is 3.47. The molecule has 0 radical (unpaired) electrons. The quantitative estimate of drug-likeness (QED) is 0.686. The van der Waals surface area contributed by atoms with Crippen molar-refractivity contribution in [2.24, 2.45) is 34.5 Å². The Morgan fingerprint density at radius 3 is 2.68 bits per heavy atom. The van der Waals surface area contributed by atoms with Crippen molar-refractivity contribution in [2.75, 3.05) is 0 Å². The minimum atomic E-state index is -0.0755. The maximum Gasteiger partial charge on any atom is 0.155 e. The van der Waals surface area contributed by atoms with Gasteiger partial charge in [0.2, 0.25) is 0 Å². The molecule has 136 valence electrons. The molecule has 2 heteroatoms. The lowest BCUT2D eigenvalue weighted by Crippen LogP contribution is -2.51. The molecule has 2 nitrogen and oxygen atoms in total. The third kappa shape index (κ3) is 2.16. The van der Waals surface area contributed by atoms with Gasteiger partial charge in [-0.25, -0.2) is 0 Å². The Labute approximate surface area is 151 Å². The highest BCUT2D eigenvalue weighted by atomic mass is 16.3. The normalized spacial score (nSPS) is 51.6. The largest absolute Gasteiger partial charge is 0.393 e. The van der Waals surface area contributed by atoms with Crippen LogP contribution in [0.2, 0.25) is 0 Å². The number of carbonyl (C=O) groups excluding carboxylic acids is 1. The van der Waals surface area contributed by atoms with Crippen molar-refractivity contribution < 1.29 is 9.90 Å². The van der Waals surface area contributed by atoms with Crippen molar-refractivity contribution in [1.29, 1.82) is 0 Å². The van der Waals surface area contributed by atoms with E-state index in [1.807, 2.05) is 6.08 Å². The first kappa shape index (κ1) is 16.3. The van der Waals surface area contributed by atoms with Gasteiger partial charge < -0.3 is 5.11 Å². The lowest BCUT2D eigenvalue weighted by molar-refractivity contribution is -0.115. The van der Waals surface area contributed by atoms with Gasteiger partial charge in [0.1, 0.15) is 0 Å². The second kappa shape index (κ2) is 5.31. The Morgan fingerprint density at radius 1 is 1.00 bits per heavy atom. The fourth-order valence-electron chi connectivity index (χ4n) is 7.77. The summed E-state index contributed by atoms with van der Waals surface area (Å²) in [5, 5.41) is 10.6. The Bertz CT molecular complexity index is 674. The fraction of sp³-hybridized carbons (Fsp3) is 0.783. The van der Waals surface area contributed by atoms with Crippen molar-refractivity contribution in [2.45, 2.75) is 77.7 Å². The van der Waals surface area contributed by atoms with Gasteiger partial charge in [0.15, 0.2) is 5.78 Å². The molecule has 3 fully saturated rings. The summed E-state index contributed by atoms with van der Waals surface area (Å²) in [6.45, 7) is 4.91. The smallest absolute Gasteiger partial charge is 0.155 e. The predicted octanol–water partition coefficient (Wildman–Crippen LogP) is 4.83. The standard InChI is InChI=1S/C23H32O2/c1-22-10-9-20-18(19(22)7-8-21(22)25)6-4-16-11-15-12-17(24)5-3-14(15)13-23(16,20)2/h11-12,14,18-21,25H,3-10,13H2,1-2H3. The number of ketones is 1. The highest BCUT2D eigenvalue weighted by Gasteiger charge is 2.59. The first-order valence-electron chi connectivity index (χ1n) is 10.6. The molecule has 5 rings (SSSR count). The van der Waals surface area contributed by atoms with Gasteiger partial charge in [0.05, 0.1) is 6.10 Å². The average molecular weight is 341 g/mol. The zero-order valence-corrected chi connectivity index (χ0v) is 15.8. The number of allylic oxidation sites excluding steroid dienone is 4. The van der Waals surface area contributed by atoms with E-state index >= 15 is 0 Å². The molecule has 0 bridgehead atoms. The van der Waals surface area contributed by atoms with Crippen LogP contribution in [0.4, 0.5) is 0 Å². The van der Waals surface area contributed by atoms with Crippen molar-refractivity contribution in [1.82, 2.24) is 0 Å². The molecule has 0 aromatic carbocycles. The first-order valence-corrected chi connectivity index (χ1v) is 10.6. The number of aliphatic hydroxyl groups excluding tert-OH is 1. The van der Waals surface area contributed by atoms with Crippen LogP contribution in [0.5, 0.6) is 0 Å². The molecule has 0 aliphatic heterocycles. The zero-order valence-electron chi connectivity index (χ0n) is 15.8. The van der Waals surface area contributed by atoms with Crippen LogP contribution in [0, 0.1) is 34.5 Å². The van der Waals surface area contributed by atoms with Crippen molar-refractivity contribution >= 4 is 5.78 Å². The van der Waals surface area contributed by atoms with Gasteiger partial charge in [-0.15, -0.1) is 0 Å². The van der Waals surface area contributed by atoms with E-state index in [-0.39, 0.29) is 11.5 Å². The summed E-state index contributed by atoms with van der Waals surface area (Å²) in [4.78, 5) is 11.8. The predicted molar refractivity (Wildman–Crippen MR) is 98.9 cm³/mol. The third-order valence-electron chi connectivity index (χ3n) is 9.24. The van der Waals surface area contributed by atoms with Crippen LogP contribution < -0.4 is 0 Å². The van der Waals surface area contributed by atoms with Gasteiger partial charge in [-0.3, -0.25) is 4.79 Å². The molecule has 7 unspecified atom stereocenters. The number of fused-ring (bicyclic) bond motifs is 6. The maximum absolute atomic E-state index is 11.8. The van der Waals surface area contributed by atoms with Gasteiger partial charge >= 0.3 is 0 Å². The van der Waals surface area contributed by atoms with Gasteiger partial charge in [0.25, 0.3) is 0 Å². The molecular formula is C23H32O2. The van der Waals surface area contributed by atoms with E-state index in [0.29, 0.717) is 17.1 Å². The summed E-state index contributed by atoms with van der Waals surface area (Å²) in [5.74, 6) is 3.25. The van der Waals surface area contributed by atoms with Gasteiger partial charge in [-0.05, 0) is 97.5 Å². The fourth-order valence-corrected chi connectivity index (χ4v) is 7.77. The number of hydrogen-bond donors (Lipinski definition) is 1.